The largest absolute Gasteiger partial charge is 0.326 e. The van der Waals surface area contributed by atoms with Crippen molar-refractivity contribution < 1.29 is 21.6 Å². The van der Waals surface area contributed by atoms with E-state index in [1.807, 2.05) is 50.2 Å². The van der Waals surface area contributed by atoms with Gasteiger partial charge in [-0.1, -0.05) is 29.8 Å². The van der Waals surface area contributed by atoms with Crippen molar-refractivity contribution in [3.05, 3.63) is 59.7 Å². The summed E-state index contributed by atoms with van der Waals surface area (Å²) in [6.45, 7) is 3.78. The first-order chi connectivity index (χ1) is 15.4. The number of aryl methyl sites for hydroxylation is 1. The third-order valence-corrected chi connectivity index (χ3v) is 10.0. The quantitative estimate of drug-likeness (QED) is 0.576. The summed E-state index contributed by atoms with van der Waals surface area (Å²) in [7, 11) is -3.56. The van der Waals surface area contributed by atoms with Gasteiger partial charge < -0.3 is 15.5 Å². The minimum atomic E-state index is -3.91. The number of hydrogen-bond donors (Lipinski definition) is 2. The molecule has 1 fully saturated rings. The highest BCUT2D eigenvalue weighted by Gasteiger charge is 2.45. The van der Waals surface area contributed by atoms with E-state index in [2.05, 4.69) is 10.6 Å². The van der Waals surface area contributed by atoms with Crippen molar-refractivity contribution in [2.24, 2.45) is 0 Å². The topological polar surface area (TPSA) is 113 Å². The predicted molar refractivity (Wildman–Crippen MR) is 130 cm³/mol. The van der Waals surface area contributed by atoms with Gasteiger partial charge in [-0.25, -0.2) is 16.8 Å². The van der Waals surface area contributed by atoms with Crippen molar-refractivity contribution in [3.63, 3.8) is 0 Å². The van der Waals surface area contributed by atoms with Crippen LogP contribution in [-0.2, 0) is 24.5 Å². The standard InChI is InChI=1S/C23H31N3O5S2/c1-16-5-7-18(8-6-16)22(26(3)4)13-24-21-14-32(28,29)15-23(21)33(30,31)20-11-9-19(10-12-20)25-17(2)27/h5-12,21-24H,13-15H2,1-4H3,(H,25,27)/t21-,22?,23-/m0/s1. The van der Waals surface area contributed by atoms with Crippen LogP contribution in [0.3, 0.4) is 0 Å². The molecule has 1 aliphatic heterocycles. The molecular weight excluding hydrogens is 462 g/mol. The molecule has 10 heteroatoms. The van der Waals surface area contributed by atoms with E-state index in [-0.39, 0.29) is 22.6 Å². The fourth-order valence-electron chi connectivity index (χ4n) is 4.07. The van der Waals surface area contributed by atoms with Gasteiger partial charge in [-0.3, -0.25) is 4.79 Å². The molecule has 0 spiro atoms. The molecule has 2 aromatic carbocycles. The number of hydrogen-bond acceptors (Lipinski definition) is 7. The monoisotopic (exact) mass is 493 g/mol. The maximum absolute atomic E-state index is 13.3. The lowest BCUT2D eigenvalue weighted by Gasteiger charge is -2.28. The zero-order chi connectivity index (χ0) is 24.4. The lowest BCUT2D eigenvalue weighted by molar-refractivity contribution is -0.114. The van der Waals surface area contributed by atoms with Gasteiger partial charge in [0.15, 0.2) is 19.7 Å². The lowest BCUT2D eigenvalue weighted by Crippen LogP contribution is -2.46. The van der Waals surface area contributed by atoms with E-state index in [1.165, 1.54) is 31.2 Å². The molecule has 1 heterocycles. The first kappa shape index (κ1) is 25.4. The van der Waals surface area contributed by atoms with Crippen molar-refractivity contribution in [2.75, 3.05) is 37.5 Å². The molecule has 0 radical (unpaired) electrons. The van der Waals surface area contributed by atoms with Gasteiger partial charge in [-0.05, 0) is 50.8 Å². The number of amides is 1. The van der Waals surface area contributed by atoms with Crippen molar-refractivity contribution >= 4 is 31.3 Å². The van der Waals surface area contributed by atoms with Crippen LogP contribution in [0.1, 0.15) is 24.1 Å². The van der Waals surface area contributed by atoms with E-state index in [1.54, 1.807) is 0 Å². The van der Waals surface area contributed by atoms with Crippen molar-refractivity contribution in [1.82, 2.24) is 10.2 Å². The van der Waals surface area contributed by atoms with Crippen LogP contribution in [0.2, 0.25) is 0 Å². The third-order valence-electron chi connectivity index (χ3n) is 5.86. The van der Waals surface area contributed by atoms with Crippen molar-refractivity contribution in [2.45, 2.75) is 36.1 Å². The minimum absolute atomic E-state index is 0.0354. The minimum Gasteiger partial charge on any atom is -0.326 e. The second kappa shape index (κ2) is 9.92. The van der Waals surface area contributed by atoms with Gasteiger partial charge in [-0.15, -0.1) is 0 Å². The molecule has 0 aliphatic carbocycles. The summed E-state index contributed by atoms with van der Waals surface area (Å²) in [6, 6.07) is 13.1. The summed E-state index contributed by atoms with van der Waals surface area (Å²) in [4.78, 5) is 13.3. The number of anilines is 1. The predicted octanol–water partition coefficient (Wildman–Crippen LogP) is 1.79. The average Bonchev–Trinajstić information content (AvgIpc) is 3.04. The van der Waals surface area contributed by atoms with Gasteiger partial charge in [0.05, 0.1) is 21.7 Å². The Morgan fingerprint density at radius 1 is 1.06 bits per heavy atom. The Bertz CT molecular complexity index is 1190. The Kier molecular flexibility index (Phi) is 7.62. The van der Waals surface area contributed by atoms with Crippen LogP contribution in [0.5, 0.6) is 0 Å². The molecule has 180 valence electrons. The Balaban J connectivity index is 1.82. The van der Waals surface area contributed by atoms with Crippen LogP contribution in [-0.4, -0.2) is 71.1 Å². The fraction of sp³-hybridized carbons (Fsp3) is 0.435. The van der Waals surface area contributed by atoms with E-state index < -0.39 is 36.7 Å². The number of likely N-dealkylation sites (N-methyl/N-ethyl adjacent to an activating group) is 1. The zero-order valence-electron chi connectivity index (χ0n) is 19.3. The summed E-state index contributed by atoms with van der Waals surface area (Å²) in [6.07, 6.45) is 0. The summed E-state index contributed by atoms with van der Waals surface area (Å²) >= 11 is 0. The van der Waals surface area contributed by atoms with E-state index in [4.69, 9.17) is 0 Å². The fourth-order valence-corrected chi connectivity index (χ4v) is 8.78. The van der Waals surface area contributed by atoms with Crippen LogP contribution in [0.4, 0.5) is 5.69 Å². The SMILES string of the molecule is CC(=O)Nc1ccc(S(=O)(=O)[C@H]2CS(=O)(=O)C[C@@H]2NCC(c2ccc(C)cc2)N(C)C)cc1. The Morgan fingerprint density at radius 3 is 2.21 bits per heavy atom. The van der Waals surface area contributed by atoms with E-state index in [0.717, 1.165) is 11.1 Å². The molecule has 2 N–H and O–H groups in total. The van der Waals surface area contributed by atoms with Gasteiger partial charge in [0.2, 0.25) is 5.91 Å². The molecule has 8 nitrogen and oxygen atoms in total. The maximum atomic E-state index is 13.3. The van der Waals surface area contributed by atoms with Gasteiger partial charge >= 0.3 is 0 Å². The van der Waals surface area contributed by atoms with Crippen molar-refractivity contribution in [3.8, 4) is 0 Å². The van der Waals surface area contributed by atoms with Crippen LogP contribution in [0, 0.1) is 6.92 Å². The normalized spacial score (nSPS) is 21.1. The molecule has 0 bridgehead atoms. The lowest BCUT2D eigenvalue weighted by atomic mass is 10.0. The summed E-state index contributed by atoms with van der Waals surface area (Å²) in [5, 5.41) is 4.74. The number of rotatable bonds is 8. The first-order valence-electron chi connectivity index (χ1n) is 10.7. The third kappa shape index (κ3) is 6.20. The number of benzene rings is 2. The highest BCUT2D eigenvalue weighted by atomic mass is 32.2. The van der Waals surface area contributed by atoms with Gasteiger partial charge in [0, 0.05) is 31.2 Å². The maximum Gasteiger partial charge on any atom is 0.221 e. The van der Waals surface area contributed by atoms with Gasteiger partial charge in [0.1, 0.15) is 0 Å². The van der Waals surface area contributed by atoms with E-state index in [9.17, 15) is 21.6 Å². The second-order valence-electron chi connectivity index (χ2n) is 8.77. The zero-order valence-corrected chi connectivity index (χ0v) is 20.9. The molecule has 1 unspecified atom stereocenters. The van der Waals surface area contributed by atoms with Crippen LogP contribution in [0.25, 0.3) is 0 Å². The molecule has 1 aliphatic rings. The smallest absolute Gasteiger partial charge is 0.221 e. The molecule has 0 saturated carbocycles. The molecule has 33 heavy (non-hydrogen) atoms. The summed E-state index contributed by atoms with van der Waals surface area (Å²) < 4.78 is 51.6. The van der Waals surface area contributed by atoms with Crippen molar-refractivity contribution in [1.29, 1.82) is 0 Å². The molecular formula is C23H31N3O5S2. The number of carbonyl (C=O) groups excluding carboxylic acids is 1. The molecule has 1 amide bonds. The van der Waals surface area contributed by atoms with Gasteiger partial charge in [0.25, 0.3) is 0 Å². The second-order valence-corrected chi connectivity index (χ2v) is 13.1. The highest BCUT2D eigenvalue weighted by Crippen LogP contribution is 2.28. The average molecular weight is 494 g/mol. The van der Waals surface area contributed by atoms with Crippen LogP contribution in [0.15, 0.2) is 53.4 Å². The number of nitrogens with one attached hydrogen (secondary N) is 2. The van der Waals surface area contributed by atoms with Gasteiger partial charge in [-0.2, -0.15) is 0 Å². The first-order valence-corrected chi connectivity index (χ1v) is 14.0. The van der Waals surface area contributed by atoms with E-state index >= 15 is 0 Å². The molecule has 2 aromatic rings. The molecule has 0 aromatic heterocycles. The molecule has 3 atom stereocenters. The van der Waals surface area contributed by atoms with Crippen LogP contribution < -0.4 is 10.6 Å². The number of carbonyl (C=O) groups is 1. The Hall–Kier alpha value is -2.27. The number of sulfone groups is 2. The van der Waals surface area contributed by atoms with E-state index in [0.29, 0.717) is 12.2 Å². The number of nitrogens with zero attached hydrogens (tertiary/aromatic N) is 1. The van der Waals surface area contributed by atoms with Crippen LogP contribution >= 0.6 is 0 Å². The Labute approximate surface area is 196 Å². The Morgan fingerprint density at radius 2 is 1.67 bits per heavy atom. The summed E-state index contributed by atoms with van der Waals surface area (Å²) in [5.74, 6) is -0.909. The summed E-state index contributed by atoms with van der Waals surface area (Å²) in [5.41, 5.74) is 2.68. The molecule has 3 rings (SSSR count). The highest BCUT2D eigenvalue weighted by molar-refractivity contribution is 7.96. The molecule has 1 saturated heterocycles.